The summed E-state index contributed by atoms with van der Waals surface area (Å²) in [5.74, 6) is -1.10. The highest BCUT2D eigenvalue weighted by Gasteiger charge is 2.30. The molecule has 0 amide bonds. The second kappa shape index (κ2) is 7.62. The van der Waals surface area contributed by atoms with Crippen LogP contribution in [-0.4, -0.2) is 43.6 Å². The number of hydrogen-bond acceptors (Lipinski definition) is 5. The second-order valence-corrected chi connectivity index (χ2v) is 7.39. The number of benzene rings is 1. The van der Waals surface area contributed by atoms with E-state index in [-0.39, 0.29) is 17.0 Å². The van der Waals surface area contributed by atoms with Crippen LogP contribution in [0.4, 0.5) is 9.39 Å². The number of anilines is 1. The van der Waals surface area contributed by atoms with Crippen LogP contribution in [0.1, 0.15) is 20.8 Å². The summed E-state index contributed by atoms with van der Waals surface area (Å²) in [6.45, 7) is 2.28. The third-order valence-corrected chi connectivity index (χ3v) is 5.73. The SMILES string of the molecule is Cc1cc(Cl)ccc1-c1c(C(=O)O)sc(N2CCOC(CF)C2)c1C#N. The molecule has 26 heavy (non-hydrogen) atoms. The molecule has 0 spiro atoms. The number of ether oxygens (including phenoxy) is 1. The highest BCUT2D eigenvalue weighted by Crippen LogP contribution is 2.43. The smallest absolute Gasteiger partial charge is 0.346 e. The van der Waals surface area contributed by atoms with Gasteiger partial charge in [0.1, 0.15) is 28.7 Å². The van der Waals surface area contributed by atoms with Crippen LogP contribution in [0.2, 0.25) is 5.02 Å². The molecular weight excluding hydrogens is 379 g/mol. The third-order valence-electron chi connectivity index (χ3n) is 4.25. The molecule has 3 rings (SSSR count). The number of hydrogen-bond donors (Lipinski definition) is 1. The Morgan fingerprint density at radius 1 is 1.58 bits per heavy atom. The average Bonchev–Trinajstić information content (AvgIpc) is 3.01. The Balaban J connectivity index is 2.17. The van der Waals surface area contributed by atoms with E-state index in [9.17, 15) is 19.6 Å². The molecule has 5 nitrogen and oxygen atoms in total. The van der Waals surface area contributed by atoms with Crippen molar-refractivity contribution in [1.82, 2.24) is 0 Å². The Hall–Kier alpha value is -2.14. The molecule has 0 aliphatic carbocycles. The number of halogens is 2. The van der Waals surface area contributed by atoms with Crippen LogP contribution in [0, 0.1) is 18.3 Å². The van der Waals surface area contributed by atoms with Crippen molar-refractivity contribution in [1.29, 1.82) is 5.26 Å². The zero-order chi connectivity index (χ0) is 18.8. The quantitative estimate of drug-likeness (QED) is 0.844. The number of carbonyl (C=O) groups is 1. The van der Waals surface area contributed by atoms with E-state index < -0.39 is 18.7 Å². The summed E-state index contributed by atoms with van der Waals surface area (Å²) in [6, 6.07) is 7.27. The molecule has 0 radical (unpaired) electrons. The normalized spacial score (nSPS) is 17.2. The van der Waals surface area contributed by atoms with Gasteiger partial charge >= 0.3 is 5.97 Å². The van der Waals surface area contributed by atoms with E-state index in [2.05, 4.69) is 6.07 Å². The zero-order valence-corrected chi connectivity index (χ0v) is 15.5. The van der Waals surface area contributed by atoms with Gasteiger partial charge in [0.05, 0.1) is 12.2 Å². The van der Waals surface area contributed by atoms with Gasteiger partial charge in [-0.2, -0.15) is 5.26 Å². The fourth-order valence-corrected chi connectivity index (χ4v) is 4.42. The molecule has 1 aliphatic rings. The lowest BCUT2D eigenvalue weighted by Crippen LogP contribution is -2.43. The highest BCUT2D eigenvalue weighted by atomic mass is 35.5. The third kappa shape index (κ3) is 3.40. The molecule has 1 saturated heterocycles. The minimum atomic E-state index is -1.10. The van der Waals surface area contributed by atoms with Gasteiger partial charge in [-0.1, -0.05) is 17.7 Å². The van der Waals surface area contributed by atoms with Gasteiger partial charge in [-0.3, -0.25) is 0 Å². The minimum absolute atomic E-state index is 0.0882. The molecule has 1 aliphatic heterocycles. The van der Waals surface area contributed by atoms with Crippen LogP contribution in [0.25, 0.3) is 11.1 Å². The second-order valence-electron chi connectivity index (χ2n) is 5.96. The fourth-order valence-electron chi connectivity index (χ4n) is 3.06. The standard InChI is InChI=1S/C18H16ClFN2O3S/c1-10-6-11(19)2-3-13(10)15-14(8-21)17(26-16(15)18(23)24)22-4-5-25-12(7-20)9-22/h2-3,6,12H,4-5,7,9H2,1H3,(H,23,24). The molecule has 2 heterocycles. The van der Waals surface area contributed by atoms with Crippen molar-refractivity contribution in [2.24, 2.45) is 0 Å². The van der Waals surface area contributed by atoms with E-state index in [0.717, 1.165) is 16.9 Å². The van der Waals surface area contributed by atoms with Gasteiger partial charge in [-0.25, -0.2) is 9.18 Å². The molecule has 2 aromatic rings. The molecule has 8 heteroatoms. The van der Waals surface area contributed by atoms with Crippen molar-refractivity contribution in [2.45, 2.75) is 13.0 Å². The van der Waals surface area contributed by atoms with Gasteiger partial charge in [0.15, 0.2) is 0 Å². The summed E-state index contributed by atoms with van der Waals surface area (Å²) in [5, 5.41) is 20.5. The minimum Gasteiger partial charge on any atom is -0.477 e. The van der Waals surface area contributed by atoms with Gasteiger partial charge < -0.3 is 14.7 Å². The van der Waals surface area contributed by atoms with Crippen molar-refractivity contribution < 1.29 is 19.0 Å². The molecule has 1 fully saturated rings. The predicted molar refractivity (Wildman–Crippen MR) is 99.1 cm³/mol. The number of carboxylic acid groups (broad SMARTS) is 1. The van der Waals surface area contributed by atoms with Crippen LogP contribution in [0.15, 0.2) is 18.2 Å². The topological polar surface area (TPSA) is 73.6 Å². The lowest BCUT2D eigenvalue weighted by molar-refractivity contribution is 0.0249. The van der Waals surface area contributed by atoms with E-state index >= 15 is 0 Å². The summed E-state index contributed by atoms with van der Waals surface area (Å²) in [6.07, 6.45) is -0.577. The summed E-state index contributed by atoms with van der Waals surface area (Å²) in [7, 11) is 0. The maximum absolute atomic E-state index is 13.0. The molecule has 0 saturated carbocycles. The van der Waals surface area contributed by atoms with Crippen molar-refractivity contribution in [2.75, 3.05) is 31.3 Å². The Labute approximate surface area is 159 Å². The monoisotopic (exact) mass is 394 g/mol. The van der Waals surface area contributed by atoms with E-state index in [1.165, 1.54) is 0 Å². The first-order valence-corrected chi connectivity index (χ1v) is 9.15. The van der Waals surface area contributed by atoms with Gasteiger partial charge in [0, 0.05) is 23.7 Å². The van der Waals surface area contributed by atoms with E-state index in [1.807, 2.05) is 11.8 Å². The number of aryl methyl sites for hydroxylation is 1. The number of thiophene rings is 1. The van der Waals surface area contributed by atoms with E-state index in [0.29, 0.717) is 34.3 Å². The van der Waals surface area contributed by atoms with Crippen LogP contribution in [-0.2, 0) is 4.74 Å². The summed E-state index contributed by atoms with van der Waals surface area (Å²) in [5.41, 5.74) is 2.11. The van der Waals surface area contributed by atoms with Crippen LogP contribution in [0.5, 0.6) is 0 Å². The van der Waals surface area contributed by atoms with Crippen molar-refractivity contribution in [3.63, 3.8) is 0 Å². The van der Waals surface area contributed by atoms with E-state index in [4.69, 9.17) is 16.3 Å². The summed E-state index contributed by atoms with van der Waals surface area (Å²) in [4.78, 5) is 13.7. The first-order valence-electron chi connectivity index (χ1n) is 7.95. The molecule has 136 valence electrons. The van der Waals surface area contributed by atoms with Crippen molar-refractivity contribution >= 4 is 33.9 Å². The number of rotatable bonds is 4. The lowest BCUT2D eigenvalue weighted by Gasteiger charge is -2.32. The van der Waals surface area contributed by atoms with Gasteiger partial charge in [0.2, 0.25) is 0 Å². The molecule has 0 bridgehead atoms. The molecule has 1 aromatic heterocycles. The Morgan fingerprint density at radius 3 is 2.96 bits per heavy atom. The first-order chi connectivity index (χ1) is 12.5. The number of nitriles is 1. The number of morpholine rings is 1. The predicted octanol–water partition coefficient (Wildman–Crippen LogP) is 4.12. The zero-order valence-electron chi connectivity index (χ0n) is 14.0. The fraction of sp³-hybridized carbons (Fsp3) is 0.333. The summed E-state index contributed by atoms with van der Waals surface area (Å²) < 4.78 is 18.3. The average molecular weight is 395 g/mol. The number of alkyl halides is 1. The van der Waals surface area contributed by atoms with Gasteiger partial charge in [-0.05, 0) is 30.2 Å². The Kier molecular flexibility index (Phi) is 5.47. The van der Waals surface area contributed by atoms with Crippen LogP contribution >= 0.6 is 22.9 Å². The number of aromatic carboxylic acids is 1. The van der Waals surface area contributed by atoms with Crippen LogP contribution < -0.4 is 4.90 Å². The van der Waals surface area contributed by atoms with E-state index in [1.54, 1.807) is 18.2 Å². The Morgan fingerprint density at radius 2 is 2.35 bits per heavy atom. The molecule has 1 unspecified atom stereocenters. The highest BCUT2D eigenvalue weighted by molar-refractivity contribution is 7.18. The van der Waals surface area contributed by atoms with Gasteiger partial charge in [0.25, 0.3) is 0 Å². The molecule has 1 aromatic carbocycles. The summed E-state index contributed by atoms with van der Waals surface area (Å²) >= 11 is 7.04. The molecule has 1 N–H and O–H groups in total. The number of nitrogens with zero attached hydrogens (tertiary/aromatic N) is 2. The number of carboxylic acids is 1. The van der Waals surface area contributed by atoms with Crippen molar-refractivity contribution in [3.8, 4) is 17.2 Å². The van der Waals surface area contributed by atoms with Gasteiger partial charge in [-0.15, -0.1) is 11.3 Å². The maximum atomic E-state index is 13.0. The van der Waals surface area contributed by atoms with Crippen molar-refractivity contribution in [3.05, 3.63) is 39.2 Å². The molecular formula is C18H16ClFN2O3S. The maximum Gasteiger partial charge on any atom is 0.346 e. The largest absolute Gasteiger partial charge is 0.477 e. The molecule has 1 atom stereocenters. The van der Waals surface area contributed by atoms with Crippen LogP contribution in [0.3, 0.4) is 0 Å². The Bertz CT molecular complexity index is 893. The lowest BCUT2D eigenvalue weighted by atomic mass is 9.97. The first kappa shape index (κ1) is 18.6.